The molecular formula is C29H33N3O4. The van der Waals surface area contributed by atoms with E-state index in [1.165, 1.54) is 0 Å². The van der Waals surface area contributed by atoms with Gasteiger partial charge in [-0.3, -0.25) is 14.5 Å². The van der Waals surface area contributed by atoms with Crippen molar-refractivity contribution in [2.45, 2.75) is 19.0 Å². The second-order valence-corrected chi connectivity index (χ2v) is 8.85. The Balaban J connectivity index is 1.35. The number of benzene rings is 3. The first kappa shape index (κ1) is 25.3. The Morgan fingerprint density at radius 1 is 0.833 bits per heavy atom. The molecule has 7 nitrogen and oxygen atoms in total. The highest BCUT2D eigenvalue weighted by molar-refractivity contribution is 5.94. The Morgan fingerprint density at radius 2 is 1.47 bits per heavy atom. The Labute approximate surface area is 212 Å². The molecule has 7 heteroatoms. The minimum absolute atomic E-state index is 0.0444. The van der Waals surface area contributed by atoms with Gasteiger partial charge in [0.05, 0.1) is 26.7 Å². The summed E-state index contributed by atoms with van der Waals surface area (Å²) in [5.74, 6) is 1.29. The van der Waals surface area contributed by atoms with Gasteiger partial charge in [-0.2, -0.15) is 0 Å². The number of hydrogen-bond donors (Lipinski definition) is 1. The van der Waals surface area contributed by atoms with Gasteiger partial charge in [0.1, 0.15) is 0 Å². The maximum absolute atomic E-state index is 13.2. The Bertz CT molecular complexity index is 1150. The monoisotopic (exact) mass is 487 g/mol. The molecular weight excluding hydrogens is 454 g/mol. The van der Waals surface area contributed by atoms with Crippen molar-refractivity contribution >= 4 is 11.8 Å². The second-order valence-electron chi connectivity index (χ2n) is 8.85. The zero-order valence-corrected chi connectivity index (χ0v) is 20.9. The molecule has 188 valence electrons. The van der Waals surface area contributed by atoms with E-state index in [4.69, 9.17) is 9.47 Å². The highest BCUT2D eigenvalue weighted by atomic mass is 16.5. The van der Waals surface area contributed by atoms with Crippen LogP contribution in [0.5, 0.6) is 11.5 Å². The summed E-state index contributed by atoms with van der Waals surface area (Å²) in [5.41, 5.74) is 2.64. The number of methoxy groups -OCH3 is 2. The maximum atomic E-state index is 13.2. The average Bonchev–Trinajstić information content (AvgIpc) is 2.93. The van der Waals surface area contributed by atoms with Gasteiger partial charge in [0.2, 0.25) is 5.91 Å². The number of carbonyl (C=O) groups is 2. The molecule has 1 atom stereocenters. The molecule has 2 amide bonds. The smallest absolute Gasteiger partial charge is 0.251 e. The molecule has 1 fully saturated rings. The molecule has 0 spiro atoms. The molecule has 1 heterocycles. The fourth-order valence-corrected chi connectivity index (χ4v) is 4.46. The third kappa shape index (κ3) is 6.43. The summed E-state index contributed by atoms with van der Waals surface area (Å²) in [6.45, 7) is 3.65. The van der Waals surface area contributed by atoms with Crippen molar-refractivity contribution in [1.82, 2.24) is 15.1 Å². The zero-order chi connectivity index (χ0) is 25.3. The highest BCUT2D eigenvalue weighted by Gasteiger charge is 2.25. The number of piperazine rings is 1. The number of rotatable bonds is 9. The van der Waals surface area contributed by atoms with E-state index in [0.717, 1.165) is 30.8 Å². The van der Waals surface area contributed by atoms with Gasteiger partial charge in [-0.15, -0.1) is 0 Å². The summed E-state index contributed by atoms with van der Waals surface area (Å²) >= 11 is 0. The van der Waals surface area contributed by atoms with Crippen LogP contribution in [0, 0.1) is 0 Å². The molecule has 0 aliphatic carbocycles. The van der Waals surface area contributed by atoms with Gasteiger partial charge in [0.15, 0.2) is 11.5 Å². The van der Waals surface area contributed by atoms with Gasteiger partial charge in [0, 0.05) is 38.3 Å². The van der Waals surface area contributed by atoms with Gasteiger partial charge in [-0.25, -0.2) is 0 Å². The topological polar surface area (TPSA) is 71.1 Å². The molecule has 4 rings (SSSR count). The van der Waals surface area contributed by atoms with E-state index in [1.54, 1.807) is 26.4 Å². The van der Waals surface area contributed by atoms with Crippen LogP contribution >= 0.6 is 0 Å². The molecule has 0 radical (unpaired) electrons. The fourth-order valence-electron chi connectivity index (χ4n) is 4.46. The minimum atomic E-state index is -0.392. The molecule has 36 heavy (non-hydrogen) atoms. The number of ether oxygens (including phenoxy) is 2. The normalized spacial score (nSPS) is 14.7. The first-order chi connectivity index (χ1) is 17.6. The van der Waals surface area contributed by atoms with Crippen molar-refractivity contribution in [1.29, 1.82) is 0 Å². The molecule has 0 bridgehead atoms. The molecule has 1 N–H and O–H groups in total. The SMILES string of the molecule is COc1ccc(CN2CCN(C(=O)CC(NC(=O)c3ccccc3)c3ccccc3)CC2)cc1OC. The Hall–Kier alpha value is -3.84. The van der Waals surface area contributed by atoms with Crippen molar-refractivity contribution < 1.29 is 19.1 Å². The highest BCUT2D eigenvalue weighted by Crippen LogP contribution is 2.28. The zero-order valence-electron chi connectivity index (χ0n) is 20.9. The predicted molar refractivity (Wildman–Crippen MR) is 139 cm³/mol. The Kier molecular flexibility index (Phi) is 8.57. The molecule has 1 saturated heterocycles. The lowest BCUT2D eigenvalue weighted by Crippen LogP contribution is -2.49. The lowest BCUT2D eigenvalue weighted by atomic mass is 10.0. The quantitative estimate of drug-likeness (QED) is 0.496. The molecule has 1 aliphatic heterocycles. The summed E-state index contributed by atoms with van der Waals surface area (Å²) in [5, 5.41) is 3.06. The molecule has 3 aromatic carbocycles. The number of nitrogens with zero attached hydrogens (tertiary/aromatic N) is 2. The lowest BCUT2D eigenvalue weighted by Gasteiger charge is -2.35. The number of hydrogen-bond acceptors (Lipinski definition) is 5. The first-order valence-electron chi connectivity index (χ1n) is 12.2. The maximum Gasteiger partial charge on any atom is 0.251 e. The van der Waals surface area contributed by atoms with Crippen molar-refractivity contribution in [3.63, 3.8) is 0 Å². The van der Waals surface area contributed by atoms with Crippen LogP contribution in [-0.4, -0.2) is 62.0 Å². The largest absolute Gasteiger partial charge is 0.493 e. The van der Waals surface area contributed by atoms with Crippen LogP contribution in [0.15, 0.2) is 78.9 Å². The Morgan fingerprint density at radius 3 is 2.11 bits per heavy atom. The number of nitrogens with one attached hydrogen (secondary N) is 1. The summed E-state index contributed by atoms with van der Waals surface area (Å²) < 4.78 is 10.7. The molecule has 0 saturated carbocycles. The van der Waals surface area contributed by atoms with Crippen LogP contribution in [0.3, 0.4) is 0 Å². The standard InChI is InChI=1S/C29H33N3O4/c1-35-26-14-13-22(19-27(26)36-2)21-31-15-17-32(18-16-31)28(33)20-25(23-9-5-3-6-10-23)30-29(34)24-11-7-4-8-12-24/h3-14,19,25H,15-18,20-21H2,1-2H3,(H,30,34). The molecule has 1 unspecified atom stereocenters. The van der Waals surface area contributed by atoms with E-state index in [0.29, 0.717) is 30.2 Å². The van der Waals surface area contributed by atoms with E-state index in [2.05, 4.69) is 10.2 Å². The van der Waals surface area contributed by atoms with E-state index < -0.39 is 6.04 Å². The van der Waals surface area contributed by atoms with Crippen molar-refractivity contribution in [2.24, 2.45) is 0 Å². The first-order valence-corrected chi connectivity index (χ1v) is 12.2. The van der Waals surface area contributed by atoms with Gasteiger partial charge < -0.3 is 19.7 Å². The fraction of sp³-hybridized carbons (Fsp3) is 0.310. The van der Waals surface area contributed by atoms with E-state index in [-0.39, 0.29) is 18.2 Å². The number of amides is 2. The number of carbonyl (C=O) groups excluding carboxylic acids is 2. The van der Waals surface area contributed by atoms with Crippen molar-refractivity contribution in [3.05, 3.63) is 95.6 Å². The van der Waals surface area contributed by atoms with Crippen LogP contribution in [0.25, 0.3) is 0 Å². The van der Waals surface area contributed by atoms with E-state index in [9.17, 15) is 9.59 Å². The lowest BCUT2D eigenvalue weighted by molar-refractivity contribution is -0.133. The van der Waals surface area contributed by atoms with E-state index >= 15 is 0 Å². The molecule has 1 aliphatic rings. The van der Waals surface area contributed by atoms with Crippen molar-refractivity contribution in [2.75, 3.05) is 40.4 Å². The van der Waals surface area contributed by atoms with Crippen LogP contribution in [-0.2, 0) is 11.3 Å². The minimum Gasteiger partial charge on any atom is -0.493 e. The summed E-state index contributed by atoms with van der Waals surface area (Å²) in [4.78, 5) is 30.3. The van der Waals surface area contributed by atoms with Crippen LogP contribution in [0.2, 0.25) is 0 Å². The summed E-state index contributed by atoms with van der Waals surface area (Å²) in [7, 11) is 3.26. The van der Waals surface area contributed by atoms with Gasteiger partial charge in [-0.1, -0.05) is 54.6 Å². The third-order valence-electron chi connectivity index (χ3n) is 6.50. The average molecular weight is 488 g/mol. The molecule has 0 aromatic heterocycles. The van der Waals surface area contributed by atoms with Crippen LogP contribution in [0.4, 0.5) is 0 Å². The second kappa shape index (κ2) is 12.2. The van der Waals surface area contributed by atoms with Gasteiger partial charge in [0.25, 0.3) is 5.91 Å². The summed E-state index contributed by atoms with van der Waals surface area (Å²) in [6.07, 6.45) is 0.221. The van der Waals surface area contributed by atoms with Crippen LogP contribution in [0.1, 0.15) is 33.9 Å². The van der Waals surface area contributed by atoms with Gasteiger partial charge in [-0.05, 0) is 35.4 Å². The third-order valence-corrected chi connectivity index (χ3v) is 6.50. The summed E-state index contributed by atoms with van der Waals surface area (Å²) in [6, 6.07) is 24.3. The van der Waals surface area contributed by atoms with E-state index in [1.807, 2.05) is 71.6 Å². The van der Waals surface area contributed by atoms with Crippen molar-refractivity contribution in [3.8, 4) is 11.5 Å². The molecule has 3 aromatic rings. The van der Waals surface area contributed by atoms with Gasteiger partial charge >= 0.3 is 0 Å². The predicted octanol–water partition coefficient (Wildman–Crippen LogP) is 3.91. The van der Waals surface area contributed by atoms with Crippen LogP contribution < -0.4 is 14.8 Å².